The summed E-state index contributed by atoms with van der Waals surface area (Å²) in [5.74, 6) is 0.0813. The first kappa shape index (κ1) is 21.1. The molecule has 1 aliphatic heterocycles. The minimum absolute atomic E-state index is 0.0603. The highest BCUT2D eigenvalue weighted by molar-refractivity contribution is 5.98. The Morgan fingerprint density at radius 2 is 1.97 bits per heavy atom. The highest BCUT2D eigenvalue weighted by atomic mass is 16.2. The topological polar surface area (TPSA) is 96.3 Å². The molecule has 3 amide bonds. The lowest BCUT2D eigenvalue weighted by atomic mass is 10.1. The zero-order chi connectivity index (χ0) is 21.8. The fraction of sp³-hybridized carbons (Fsp3) is 0.478. The molecular weight excluding hydrogens is 394 g/mol. The molecule has 1 aromatic heterocycles. The van der Waals surface area contributed by atoms with Crippen LogP contribution in [0.3, 0.4) is 0 Å². The van der Waals surface area contributed by atoms with E-state index >= 15 is 0 Å². The van der Waals surface area contributed by atoms with Crippen molar-refractivity contribution in [3.8, 4) is 0 Å². The molecule has 4 rings (SSSR count). The maximum atomic E-state index is 13.1. The van der Waals surface area contributed by atoms with Crippen molar-refractivity contribution >= 4 is 17.7 Å². The van der Waals surface area contributed by atoms with E-state index in [1.807, 2.05) is 36.1 Å². The molecule has 1 fully saturated rings. The normalized spacial score (nSPS) is 15.9. The Morgan fingerprint density at radius 3 is 2.74 bits per heavy atom. The van der Waals surface area contributed by atoms with Crippen molar-refractivity contribution in [3.05, 3.63) is 52.8 Å². The second-order valence-electron chi connectivity index (χ2n) is 8.40. The summed E-state index contributed by atoms with van der Waals surface area (Å²) in [4.78, 5) is 39.2. The first-order chi connectivity index (χ1) is 15.0. The minimum atomic E-state index is -0.367. The lowest BCUT2D eigenvalue weighted by Crippen LogP contribution is -2.32. The predicted octanol–water partition coefficient (Wildman–Crippen LogP) is 1.88. The Morgan fingerprint density at radius 1 is 1.16 bits per heavy atom. The van der Waals surface area contributed by atoms with Gasteiger partial charge in [-0.3, -0.25) is 19.1 Å². The quantitative estimate of drug-likeness (QED) is 0.678. The standard InChI is InChI=1S/C23H29N5O3/c1-16-5-2-3-6-18(16)15-27-11-4-12-28-20(23(27)31)13-19(26-28)22(30)24-10-9-21(29)25-14-17-7-8-17/h2-3,5-6,13,17H,4,7-12,14-15H2,1H3,(H,24,30)(H,25,29). The zero-order valence-electron chi connectivity index (χ0n) is 17.9. The summed E-state index contributed by atoms with van der Waals surface area (Å²) in [6, 6.07) is 9.59. The third-order valence-electron chi connectivity index (χ3n) is 5.86. The van der Waals surface area contributed by atoms with Crippen molar-refractivity contribution < 1.29 is 14.4 Å². The Labute approximate surface area is 182 Å². The van der Waals surface area contributed by atoms with Gasteiger partial charge in [-0.15, -0.1) is 0 Å². The molecule has 0 spiro atoms. The van der Waals surface area contributed by atoms with Gasteiger partial charge < -0.3 is 15.5 Å². The Balaban J connectivity index is 1.35. The number of nitrogens with one attached hydrogen (secondary N) is 2. The summed E-state index contributed by atoms with van der Waals surface area (Å²) in [7, 11) is 0. The molecule has 2 N–H and O–H groups in total. The third-order valence-corrected chi connectivity index (χ3v) is 5.86. The fourth-order valence-electron chi connectivity index (χ4n) is 3.74. The van der Waals surface area contributed by atoms with Gasteiger partial charge in [-0.1, -0.05) is 24.3 Å². The molecule has 8 nitrogen and oxygen atoms in total. The van der Waals surface area contributed by atoms with E-state index in [1.165, 1.54) is 12.8 Å². The number of hydrogen-bond acceptors (Lipinski definition) is 4. The van der Waals surface area contributed by atoms with Crippen molar-refractivity contribution in [2.75, 3.05) is 19.6 Å². The van der Waals surface area contributed by atoms with E-state index in [-0.39, 0.29) is 36.4 Å². The van der Waals surface area contributed by atoms with Crippen LogP contribution >= 0.6 is 0 Å². The van der Waals surface area contributed by atoms with Crippen molar-refractivity contribution in [1.29, 1.82) is 0 Å². The predicted molar refractivity (Wildman–Crippen MR) is 115 cm³/mol. The lowest BCUT2D eigenvalue weighted by molar-refractivity contribution is -0.121. The molecular formula is C23H29N5O3. The second kappa shape index (κ2) is 9.32. The number of benzene rings is 1. The van der Waals surface area contributed by atoms with Gasteiger partial charge >= 0.3 is 0 Å². The molecule has 0 bridgehead atoms. The van der Waals surface area contributed by atoms with Crippen LogP contribution in [-0.2, 0) is 17.9 Å². The molecule has 1 aromatic carbocycles. The number of aryl methyl sites for hydroxylation is 2. The van der Waals surface area contributed by atoms with Gasteiger partial charge in [0, 0.05) is 45.2 Å². The average Bonchev–Trinajstić information content (AvgIpc) is 3.51. The summed E-state index contributed by atoms with van der Waals surface area (Å²) in [5, 5.41) is 9.95. The van der Waals surface area contributed by atoms with Crippen LogP contribution in [0.4, 0.5) is 0 Å². The number of amides is 3. The number of carbonyl (C=O) groups excluding carboxylic acids is 3. The molecule has 2 heterocycles. The molecule has 31 heavy (non-hydrogen) atoms. The second-order valence-corrected chi connectivity index (χ2v) is 8.40. The van der Waals surface area contributed by atoms with Crippen molar-refractivity contribution in [2.24, 2.45) is 5.92 Å². The highest BCUT2D eigenvalue weighted by Gasteiger charge is 2.26. The van der Waals surface area contributed by atoms with E-state index in [1.54, 1.807) is 10.7 Å². The summed E-state index contributed by atoms with van der Waals surface area (Å²) >= 11 is 0. The van der Waals surface area contributed by atoms with Gasteiger partial charge in [0.2, 0.25) is 5.91 Å². The van der Waals surface area contributed by atoms with Crippen molar-refractivity contribution in [1.82, 2.24) is 25.3 Å². The summed E-state index contributed by atoms with van der Waals surface area (Å²) in [5.41, 5.74) is 2.90. The van der Waals surface area contributed by atoms with Crippen LogP contribution < -0.4 is 10.6 Å². The van der Waals surface area contributed by atoms with Crippen molar-refractivity contribution in [2.45, 2.75) is 45.7 Å². The summed E-state index contributed by atoms with van der Waals surface area (Å²) in [6.07, 6.45) is 3.37. The lowest BCUT2D eigenvalue weighted by Gasteiger charge is -2.21. The largest absolute Gasteiger partial charge is 0.356 e. The Kier molecular flexibility index (Phi) is 6.34. The van der Waals surface area contributed by atoms with Gasteiger partial charge in [0.15, 0.2) is 5.69 Å². The first-order valence-corrected chi connectivity index (χ1v) is 11.0. The van der Waals surface area contributed by atoms with Crippen LogP contribution in [0.15, 0.2) is 30.3 Å². The number of aromatic nitrogens is 2. The maximum absolute atomic E-state index is 13.1. The molecule has 2 aliphatic rings. The molecule has 2 aromatic rings. The van der Waals surface area contributed by atoms with Crippen LogP contribution in [0, 0.1) is 12.8 Å². The molecule has 8 heteroatoms. The van der Waals surface area contributed by atoms with Crippen LogP contribution in [0.5, 0.6) is 0 Å². The molecule has 1 aliphatic carbocycles. The fourth-order valence-corrected chi connectivity index (χ4v) is 3.74. The number of nitrogens with zero attached hydrogens (tertiary/aromatic N) is 3. The monoisotopic (exact) mass is 423 g/mol. The van der Waals surface area contributed by atoms with E-state index in [2.05, 4.69) is 15.7 Å². The number of carbonyl (C=O) groups is 3. The highest BCUT2D eigenvalue weighted by Crippen LogP contribution is 2.27. The molecule has 1 saturated carbocycles. The van der Waals surface area contributed by atoms with E-state index in [0.29, 0.717) is 31.2 Å². The summed E-state index contributed by atoms with van der Waals surface area (Å²) < 4.78 is 1.62. The number of rotatable bonds is 8. The molecule has 164 valence electrons. The van der Waals surface area contributed by atoms with E-state index in [4.69, 9.17) is 0 Å². The molecule has 0 radical (unpaired) electrons. The number of fused-ring (bicyclic) bond motifs is 1. The maximum Gasteiger partial charge on any atom is 0.272 e. The van der Waals surface area contributed by atoms with Gasteiger partial charge in [0.1, 0.15) is 5.69 Å². The number of hydrogen-bond donors (Lipinski definition) is 2. The van der Waals surface area contributed by atoms with Crippen LogP contribution in [0.2, 0.25) is 0 Å². The van der Waals surface area contributed by atoms with Crippen LogP contribution in [0.1, 0.15) is 57.8 Å². The average molecular weight is 424 g/mol. The van der Waals surface area contributed by atoms with Gasteiger partial charge in [0.05, 0.1) is 0 Å². The van der Waals surface area contributed by atoms with Crippen molar-refractivity contribution in [3.63, 3.8) is 0 Å². The van der Waals surface area contributed by atoms with E-state index in [0.717, 1.165) is 24.1 Å². The van der Waals surface area contributed by atoms with E-state index < -0.39 is 0 Å². The molecule has 0 unspecified atom stereocenters. The SMILES string of the molecule is Cc1ccccc1CN1CCCn2nc(C(=O)NCCC(=O)NCC3CC3)cc2C1=O. The smallest absolute Gasteiger partial charge is 0.272 e. The van der Waals surface area contributed by atoms with E-state index in [9.17, 15) is 14.4 Å². The van der Waals surface area contributed by atoms with Gasteiger partial charge in [-0.25, -0.2) is 0 Å². The Bertz CT molecular complexity index is 979. The molecule has 0 saturated heterocycles. The van der Waals surface area contributed by atoms with Crippen LogP contribution in [-0.4, -0.2) is 52.0 Å². The summed E-state index contributed by atoms with van der Waals surface area (Å²) in [6.45, 7) is 4.77. The van der Waals surface area contributed by atoms with Gasteiger partial charge in [-0.2, -0.15) is 5.10 Å². The van der Waals surface area contributed by atoms with Gasteiger partial charge in [0.25, 0.3) is 11.8 Å². The zero-order valence-corrected chi connectivity index (χ0v) is 17.9. The minimum Gasteiger partial charge on any atom is -0.356 e. The molecule has 0 atom stereocenters. The Hall–Kier alpha value is -3.16. The van der Waals surface area contributed by atoms with Gasteiger partial charge in [-0.05, 0) is 43.2 Å². The van der Waals surface area contributed by atoms with Crippen LogP contribution in [0.25, 0.3) is 0 Å². The first-order valence-electron chi connectivity index (χ1n) is 11.0. The third kappa shape index (κ3) is 5.31.